The van der Waals surface area contributed by atoms with Crippen LogP contribution in [0.3, 0.4) is 0 Å². The highest BCUT2D eigenvalue weighted by molar-refractivity contribution is 8.26. The van der Waals surface area contributed by atoms with E-state index >= 15 is 0 Å². The van der Waals surface area contributed by atoms with Crippen LogP contribution >= 0.6 is 46.6 Å². The second-order valence-electron chi connectivity index (χ2n) is 9.65. The first-order chi connectivity index (χ1) is 20.5. The van der Waals surface area contributed by atoms with E-state index in [1.165, 1.54) is 39.8 Å². The van der Waals surface area contributed by atoms with E-state index < -0.39 is 33.5 Å². The number of esters is 4. The fourth-order valence-corrected chi connectivity index (χ4v) is 10.8. The lowest BCUT2D eigenvalue weighted by molar-refractivity contribution is -0.138. The van der Waals surface area contributed by atoms with Crippen molar-refractivity contribution in [1.82, 2.24) is 0 Å². The molecule has 1 spiro atoms. The number of anilines is 1. The summed E-state index contributed by atoms with van der Waals surface area (Å²) in [6.07, 6.45) is 0. The minimum absolute atomic E-state index is 0.0978. The van der Waals surface area contributed by atoms with Crippen LogP contribution in [0.15, 0.2) is 67.0 Å². The van der Waals surface area contributed by atoms with Crippen molar-refractivity contribution in [2.75, 3.05) is 33.3 Å². The van der Waals surface area contributed by atoms with Gasteiger partial charge in [-0.15, -0.1) is 11.3 Å². The molecule has 0 saturated heterocycles. The predicted octanol–water partition coefficient (Wildman–Crippen LogP) is 4.98. The number of rotatable bonds is 5. The SMILES string of the molecule is COC(=O)C1=C(C(=O)OC)SC2(S1)C(C(=O)OC)=C(C(=O)OC)SC1=C2c2ccccc2N(C(=O)c2cccs2)C1(C)C. The lowest BCUT2D eigenvalue weighted by Crippen LogP contribution is -2.53. The van der Waals surface area contributed by atoms with Crippen LogP contribution < -0.4 is 4.90 Å². The van der Waals surface area contributed by atoms with Crippen LogP contribution in [0.5, 0.6) is 0 Å². The van der Waals surface area contributed by atoms with Gasteiger partial charge in [-0.25, -0.2) is 19.2 Å². The van der Waals surface area contributed by atoms with E-state index in [-0.39, 0.29) is 26.2 Å². The summed E-state index contributed by atoms with van der Waals surface area (Å²) in [5.74, 6) is -3.59. The van der Waals surface area contributed by atoms with E-state index in [0.717, 1.165) is 35.3 Å². The van der Waals surface area contributed by atoms with Crippen molar-refractivity contribution in [3.05, 3.63) is 77.4 Å². The van der Waals surface area contributed by atoms with Crippen molar-refractivity contribution in [2.45, 2.75) is 23.5 Å². The van der Waals surface area contributed by atoms with Gasteiger partial charge in [-0.2, -0.15) is 0 Å². The summed E-state index contributed by atoms with van der Waals surface area (Å²) in [5.41, 5.74) is 0.419. The summed E-state index contributed by atoms with van der Waals surface area (Å²) < 4.78 is 18.7. The number of benzene rings is 1. The number of fused-ring (bicyclic) bond motifs is 3. The molecule has 0 radical (unpaired) electrons. The molecule has 4 heterocycles. The number of thiophene rings is 1. The Balaban J connectivity index is 1.88. The summed E-state index contributed by atoms with van der Waals surface area (Å²) in [7, 11) is 4.70. The molecule has 224 valence electrons. The fourth-order valence-electron chi connectivity index (χ4n) is 5.14. The van der Waals surface area contributed by atoms with Crippen molar-refractivity contribution < 1.29 is 42.9 Å². The number of thioether (sulfide) groups is 3. The Morgan fingerprint density at radius 1 is 0.721 bits per heavy atom. The molecule has 43 heavy (non-hydrogen) atoms. The molecule has 0 N–H and O–H groups in total. The van der Waals surface area contributed by atoms with Gasteiger partial charge in [0.2, 0.25) is 0 Å². The van der Waals surface area contributed by atoms with Gasteiger partial charge >= 0.3 is 23.9 Å². The van der Waals surface area contributed by atoms with Gasteiger partial charge in [0.05, 0.1) is 50.1 Å². The molecule has 1 amide bonds. The van der Waals surface area contributed by atoms with Crippen molar-refractivity contribution in [3.63, 3.8) is 0 Å². The Kier molecular flexibility index (Phi) is 8.33. The number of para-hydroxylation sites is 1. The highest BCUT2D eigenvalue weighted by Gasteiger charge is 2.61. The standard InChI is InChI=1S/C29H25NO9S4/c1-28(2)22-17(14-10-7-8-11-15(14)30(28)23(31)16-12-9-13-40-16)29(18(24(32)36-3)19(41-22)25(33)37-4)42-20(26(34)38-5)21(43-29)27(35)39-6/h7-13H,1-6H3. The minimum atomic E-state index is -1.62. The summed E-state index contributed by atoms with van der Waals surface area (Å²) in [6, 6.07) is 10.7. The third kappa shape index (κ3) is 4.71. The van der Waals surface area contributed by atoms with Crippen LogP contribution in [0.4, 0.5) is 5.69 Å². The van der Waals surface area contributed by atoms with Crippen LogP contribution in [0.2, 0.25) is 0 Å². The number of carbonyl (C=O) groups is 5. The molecule has 0 fully saturated rings. The molecule has 3 aliphatic heterocycles. The number of methoxy groups -OCH3 is 4. The third-order valence-electron chi connectivity index (χ3n) is 6.98. The fraction of sp³-hybridized carbons (Fsp3) is 0.276. The Morgan fingerprint density at radius 3 is 1.81 bits per heavy atom. The first-order valence-electron chi connectivity index (χ1n) is 12.6. The van der Waals surface area contributed by atoms with Gasteiger partial charge in [-0.05, 0) is 31.4 Å². The van der Waals surface area contributed by atoms with Crippen molar-refractivity contribution in [3.8, 4) is 0 Å². The van der Waals surface area contributed by atoms with Crippen molar-refractivity contribution in [1.29, 1.82) is 0 Å². The molecule has 0 saturated carbocycles. The lowest BCUT2D eigenvalue weighted by atomic mass is 9.83. The van der Waals surface area contributed by atoms with Crippen LogP contribution in [0.25, 0.3) is 5.57 Å². The van der Waals surface area contributed by atoms with Gasteiger partial charge < -0.3 is 18.9 Å². The Bertz CT molecular complexity index is 1640. The van der Waals surface area contributed by atoms with E-state index in [4.69, 9.17) is 18.9 Å². The smallest absolute Gasteiger partial charge is 0.345 e. The Labute approximate surface area is 263 Å². The van der Waals surface area contributed by atoms with Gasteiger partial charge in [0, 0.05) is 16.0 Å². The average Bonchev–Trinajstić information content (AvgIpc) is 3.69. The quantitative estimate of drug-likeness (QED) is 0.318. The van der Waals surface area contributed by atoms with Crippen LogP contribution in [0, 0.1) is 0 Å². The van der Waals surface area contributed by atoms with Gasteiger partial charge in [-0.1, -0.05) is 59.6 Å². The first-order valence-corrected chi connectivity index (χ1v) is 15.9. The summed E-state index contributed by atoms with van der Waals surface area (Å²) in [4.78, 5) is 69.7. The number of nitrogens with zero attached hydrogens (tertiary/aromatic N) is 1. The van der Waals surface area contributed by atoms with Gasteiger partial charge in [-0.3, -0.25) is 9.69 Å². The zero-order valence-corrected chi connectivity index (χ0v) is 27.1. The summed E-state index contributed by atoms with van der Waals surface area (Å²) in [6.45, 7) is 3.67. The predicted molar refractivity (Wildman–Crippen MR) is 166 cm³/mol. The summed E-state index contributed by atoms with van der Waals surface area (Å²) in [5, 5.41) is 1.81. The molecule has 0 unspecified atom stereocenters. The molecule has 0 atom stereocenters. The van der Waals surface area contributed by atoms with Gasteiger partial charge in [0.15, 0.2) is 0 Å². The van der Waals surface area contributed by atoms with Gasteiger partial charge in [0.1, 0.15) is 18.8 Å². The zero-order valence-electron chi connectivity index (χ0n) is 23.8. The molecular weight excluding hydrogens is 635 g/mol. The van der Waals surface area contributed by atoms with Crippen molar-refractivity contribution >= 4 is 87.7 Å². The average molecular weight is 660 g/mol. The second-order valence-corrected chi connectivity index (χ2v) is 14.3. The maximum Gasteiger partial charge on any atom is 0.345 e. The monoisotopic (exact) mass is 659 g/mol. The highest BCUT2D eigenvalue weighted by Crippen LogP contribution is 2.71. The summed E-state index contributed by atoms with van der Waals surface area (Å²) >= 11 is 4.07. The largest absolute Gasteiger partial charge is 0.466 e. The topological polar surface area (TPSA) is 126 Å². The minimum Gasteiger partial charge on any atom is -0.466 e. The number of carbonyl (C=O) groups excluding carboxylic acids is 5. The van der Waals surface area contributed by atoms with Crippen LogP contribution in [0.1, 0.15) is 29.1 Å². The number of hydrogen-bond donors (Lipinski definition) is 0. The normalized spacial score (nSPS) is 18.2. The molecule has 14 heteroatoms. The maximum absolute atomic E-state index is 14.1. The first kappa shape index (κ1) is 31.0. The molecule has 1 aromatic heterocycles. The number of ether oxygens (including phenoxy) is 4. The van der Waals surface area contributed by atoms with E-state index in [0.29, 0.717) is 26.6 Å². The highest BCUT2D eigenvalue weighted by atomic mass is 32.2. The molecule has 0 bridgehead atoms. The molecular formula is C29H25NO9S4. The van der Waals surface area contributed by atoms with E-state index in [1.54, 1.807) is 41.3 Å². The van der Waals surface area contributed by atoms with E-state index in [9.17, 15) is 24.0 Å². The molecule has 2 aromatic rings. The van der Waals surface area contributed by atoms with Crippen LogP contribution in [-0.2, 0) is 38.1 Å². The van der Waals surface area contributed by atoms with Gasteiger partial charge in [0.25, 0.3) is 5.91 Å². The van der Waals surface area contributed by atoms with Crippen molar-refractivity contribution in [2.24, 2.45) is 0 Å². The molecule has 0 aliphatic carbocycles. The second kappa shape index (κ2) is 11.6. The van der Waals surface area contributed by atoms with E-state index in [2.05, 4.69) is 0 Å². The van der Waals surface area contributed by atoms with E-state index in [1.807, 2.05) is 19.2 Å². The molecule has 3 aliphatic rings. The number of hydrogen-bond acceptors (Lipinski definition) is 13. The molecule has 5 rings (SSSR count). The third-order valence-corrected chi connectivity index (χ3v) is 12.5. The van der Waals surface area contributed by atoms with Crippen LogP contribution in [-0.4, -0.2) is 67.8 Å². The molecule has 10 nitrogen and oxygen atoms in total. The Morgan fingerprint density at radius 2 is 1.28 bits per heavy atom. The zero-order chi connectivity index (χ0) is 31.3. The maximum atomic E-state index is 14.1. The number of amides is 1. The lowest BCUT2D eigenvalue weighted by Gasteiger charge is -2.50. The molecule has 1 aromatic carbocycles. The Hall–Kier alpha value is -3.46.